The molecule has 1 aliphatic heterocycles. The lowest BCUT2D eigenvalue weighted by Gasteiger charge is -2.32. The van der Waals surface area contributed by atoms with E-state index in [-0.39, 0.29) is 5.91 Å². The van der Waals surface area contributed by atoms with Gasteiger partial charge in [-0.3, -0.25) is 9.89 Å². The minimum atomic E-state index is 0.226. The number of amides is 1. The van der Waals surface area contributed by atoms with Gasteiger partial charge in [0, 0.05) is 29.6 Å². The summed E-state index contributed by atoms with van der Waals surface area (Å²) in [4.78, 5) is 17.4. The summed E-state index contributed by atoms with van der Waals surface area (Å²) >= 11 is 1.73. The Bertz CT molecular complexity index is 748. The molecular weight excluding hydrogens is 318 g/mol. The smallest absolute Gasteiger partial charge is 0.263 e. The maximum Gasteiger partial charge on any atom is 0.263 e. The fourth-order valence-electron chi connectivity index (χ4n) is 4.13. The molecule has 4 rings (SSSR count). The van der Waals surface area contributed by atoms with Gasteiger partial charge in [0.15, 0.2) is 0 Å². The number of nitrogens with one attached hydrogen (secondary N) is 1. The number of piperidine rings is 1. The lowest BCUT2D eigenvalue weighted by atomic mass is 9.90. The second-order valence-corrected chi connectivity index (χ2v) is 8.60. The highest BCUT2D eigenvalue weighted by Crippen LogP contribution is 2.34. The molecule has 128 valence electrons. The second-order valence-electron chi connectivity index (χ2n) is 7.46. The molecule has 0 radical (unpaired) electrons. The van der Waals surface area contributed by atoms with Gasteiger partial charge in [0.2, 0.25) is 0 Å². The molecule has 2 unspecified atom stereocenters. The number of fused-ring (bicyclic) bond motifs is 1. The van der Waals surface area contributed by atoms with Crippen LogP contribution in [-0.4, -0.2) is 34.1 Å². The van der Waals surface area contributed by atoms with E-state index in [1.165, 1.54) is 28.1 Å². The highest BCUT2D eigenvalue weighted by molar-refractivity contribution is 7.14. The van der Waals surface area contributed by atoms with Gasteiger partial charge < -0.3 is 4.90 Å². The van der Waals surface area contributed by atoms with E-state index in [0.29, 0.717) is 5.92 Å². The Kier molecular flexibility index (Phi) is 4.21. The van der Waals surface area contributed by atoms with Crippen LogP contribution in [0.5, 0.6) is 0 Å². The van der Waals surface area contributed by atoms with Crippen molar-refractivity contribution in [3.8, 4) is 0 Å². The van der Waals surface area contributed by atoms with Gasteiger partial charge in [-0.25, -0.2) is 0 Å². The van der Waals surface area contributed by atoms with Crippen molar-refractivity contribution in [3.05, 3.63) is 38.8 Å². The minimum absolute atomic E-state index is 0.226. The lowest BCUT2D eigenvalue weighted by Crippen LogP contribution is -2.39. The van der Waals surface area contributed by atoms with Crippen LogP contribution < -0.4 is 0 Å². The number of hydrogen-bond acceptors (Lipinski definition) is 3. The van der Waals surface area contributed by atoms with Crippen molar-refractivity contribution in [2.75, 3.05) is 13.1 Å². The van der Waals surface area contributed by atoms with Crippen molar-refractivity contribution in [3.63, 3.8) is 0 Å². The SMILES string of the molecule is Cc1cn[nH]c1C1CCCN(C(=O)c2cc3c(s2)CCC(C)C3)C1. The number of aromatic amines is 1. The maximum atomic E-state index is 13.0. The first kappa shape index (κ1) is 15.9. The minimum Gasteiger partial charge on any atom is -0.337 e. The fraction of sp³-hybridized carbons (Fsp3) is 0.579. The molecule has 24 heavy (non-hydrogen) atoms. The Balaban J connectivity index is 1.51. The number of aryl methyl sites for hydroxylation is 2. The molecule has 0 aromatic carbocycles. The molecule has 3 heterocycles. The average molecular weight is 343 g/mol. The number of carbonyl (C=O) groups is 1. The van der Waals surface area contributed by atoms with Crippen LogP contribution in [0.1, 0.15) is 63.5 Å². The topological polar surface area (TPSA) is 49.0 Å². The summed E-state index contributed by atoms with van der Waals surface area (Å²) in [7, 11) is 0. The second kappa shape index (κ2) is 6.36. The molecule has 1 amide bonds. The van der Waals surface area contributed by atoms with Crippen molar-refractivity contribution < 1.29 is 4.79 Å². The van der Waals surface area contributed by atoms with Crippen molar-refractivity contribution in [1.29, 1.82) is 0 Å². The number of H-pyrrole nitrogens is 1. The molecule has 1 saturated heterocycles. The van der Waals surface area contributed by atoms with Gasteiger partial charge in [-0.05, 0) is 62.1 Å². The number of likely N-dealkylation sites (tertiary alicyclic amines) is 1. The summed E-state index contributed by atoms with van der Waals surface area (Å²) in [5.74, 6) is 1.36. The van der Waals surface area contributed by atoms with Crippen molar-refractivity contribution in [2.45, 2.75) is 51.9 Å². The van der Waals surface area contributed by atoms with Crippen LogP contribution in [0.15, 0.2) is 12.3 Å². The van der Waals surface area contributed by atoms with Gasteiger partial charge in [0.1, 0.15) is 0 Å². The molecule has 5 heteroatoms. The highest BCUT2D eigenvalue weighted by Gasteiger charge is 2.29. The molecule has 2 aromatic heterocycles. The average Bonchev–Trinajstić information content (AvgIpc) is 3.20. The lowest BCUT2D eigenvalue weighted by molar-refractivity contribution is 0.0710. The summed E-state index contributed by atoms with van der Waals surface area (Å²) in [5, 5.41) is 7.28. The van der Waals surface area contributed by atoms with Gasteiger partial charge in [0.25, 0.3) is 5.91 Å². The van der Waals surface area contributed by atoms with Crippen LogP contribution in [-0.2, 0) is 12.8 Å². The summed E-state index contributed by atoms with van der Waals surface area (Å²) in [6.45, 7) is 6.08. The molecule has 1 fully saturated rings. The zero-order valence-electron chi connectivity index (χ0n) is 14.5. The van der Waals surface area contributed by atoms with Gasteiger partial charge >= 0.3 is 0 Å². The van der Waals surface area contributed by atoms with E-state index in [4.69, 9.17) is 0 Å². The van der Waals surface area contributed by atoms with E-state index in [9.17, 15) is 4.79 Å². The quantitative estimate of drug-likeness (QED) is 0.898. The predicted octanol–water partition coefficient (Wildman–Crippen LogP) is 3.92. The molecule has 4 nitrogen and oxygen atoms in total. The van der Waals surface area contributed by atoms with E-state index >= 15 is 0 Å². The van der Waals surface area contributed by atoms with Gasteiger partial charge in [-0.2, -0.15) is 5.10 Å². The third-order valence-corrected chi connectivity index (χ3v) is 6.75. The zero-order chi connectivity index (χ0) is 16.7. The molecule has 2 atom stereocenters. The Morgan fingerprint density at radius 2 is 2.29 bits per heavy atom. The van der Waals surface area contributed by atoms with Crippen LogP contribution in [0.2, 0.25) is 0 Å². The first-order valence-corrected chi connectivity index (χ1v) is 9.84. The molecule has 2 aromatic rings. The summed E-state index contributed by atoms with van der Waals surface area (Å²) in [5.41, 5.74) is 3.82. The van der Waals surface area contributed by atoms with Gasteiger partial charge in [-0.15, -0.1) is 11.3 Å². The Labute approximate surface area is 147 Å². The largest absolute Gasteiger partial charge is 0.337 e. The molecule has 0 saturated carbocycles. The van der Waals surface area contributed by atoms with Crippen LogP contribution in [0, 0.1) is 12.8 Å². The van der Waals surface area contributed by atoms with Gasteiger partial charge in [0.05, 0.1) is 11.1 Å². The van der Waals surface area contributed by atoms with Crippen molar-refractivity contribution in [1.82, 2.24) is 15.1 Å². The number of thiophene rings is 1. The monoisotopic (exact) mass is 343 g/mol. The third kappa shape index (κ3) is 2.90. The van der Waals surface area contributed by atoms with E-state index < -0.39 is 0 Å². The highest BCUT2D eigenvalue weighted by atomic mass is 32.1. The number of aromatic nitrogens is 2. The van der Waals surface area contributed by atoms with E-state index in [1.807, 2.05) is 6.20 Å². The molecule has 1 aliphatic carbocycles. The standard InChI is InChI=1S/C19H25N3OS/c1-12-5-6-16-15(8-12)9-17(24-16)19(23)22-7-3-4-14(11-22)18-13(2)10-20-21-18/h9-10,12,14H,3-8,11H2,1-2H3,(H,20,21). The normalized spacial score (nSPS) is 24.0. The number of hydrogen-bond donors (Lipinski definition) is 1. The third-order valence-electron chi connectivity index (χ3n) is 5.52. The van der Waals surface area contributed by atoms with E-state index in [2.05, 4.69) is 35.0 Å². The Morgan fingerprint density at radius 1 is 1.42 bits per heavy atom. The van der Waals surface area contributed by atoms with Crippen molar-refractivity contribution >= 4 is 17.2 Å². The van der Waals surface area contributed by atoms with Crippen LogP contribution in [0.4, 0.5) is 0 Å². The molecule has 0 bridgehead atoms. The van der Waals surface area contributed by atoms with Crippen molar-refractivity contribution in [2.24, 2.45) is 5.92 Å². The Morgan fingerprint density at radius 3 is 3.08 bits per heavy atom. The van der Waals surface area contributed by atoms with Crippen LogP contribution in [0.25, 0.3) is 0 Å². The molecule has 0 spiro atoms. The predicted molar refractivity (Wildman–Crippen MR) is 96.7 cm³/mol. The summed E-state index contributed by atoms with van der Waals surface area (Å²) in [6, 6.07) is 2.17. The molecule has 2 aliphatic rings. The number of carbonyl (C=O) groups excluding carboxylic acids is 1. The maximum absolute atomic E-state index is 13.0. The number of nitrogens with zero attached hydrogens (tertiary/aromatic N) is 2. The summed E-state index contributed by atoms with van der Waals surface area (Å²) in [6.07, 6.45) is 7.61. The van der Waals surface area contributed by atoms with E-state index in [1.54, 1.807) is 11.3 Å². The van der Waals surface area contributed by atoms with Crippen LogP contribution in [0.3, 0.4) is 0 Å². The molecule has 1 N–H and O–H groups in total. The fourth-order valence-corrected chi connectivity index (χ4v) is 5.31. The van der Waals surface area contributed by atoms with E-state index in [0.717, 1.165) is 49.6 Å². The summed E-state index contributed by atoms with van der Waals surface area (Å²) < 4.78 is 0. The van der Waals surface area contributed by atoms with Gasteiger partial charge in [-0.1, -0.05) is 6.92 Å². The first-order valence-electron chi connectivity index (χ1n) is 9.02. The first-order chi connectivity index (χ1) is 11.6. The Hall–Kier alpha value is -1.62. The zero-order valence-corrected chi connectivity index (χ0v) is 15.3. The van der Waals surface area contributed by atoms with Crippen LogP contribution >= 0.6 is 11.3 Å². The molecular formula is C19H25N3OS. The number of rotatable bonds is 2.